The number of rotatable bonds is 7. The lowest BCUT2D eigenvalue weighted by molar-refractivity contribution is -0.137. The van der Waals surface area contributed by atoms with Crippen LogP contribution in [0.2, 0.25) is 0 Å². The van der Waals surface area contributed by atoms with E-state index in [1.54, 1.807) is 0 Å². The Balaban J connectivity index is 2.21. The Bertz CT molecular complexity index is 760. The lowest BCUT2D eigenvalue weighted by Crippen LogP contribution is -2.25. The quantitative estimate of drug-likeness (QED) is 0.560. The molecule has 1 amide bonds. The molecular formula is C15H19F3N6OS. The second-order valence-electron chi connectivity index (χ2n) is 5.26. The predicted molar refractivity (Wildman–Crippen MR) is 94.5 cm³/mol. The number of halogens is 3. The molecule has 0 aliphatic heterocycles. The Hall–Kier alpha value is -2.43. The van der Waals surface area contributed by atoms with Crippen LogP contribution in [-0.2, 0) is 11.0 Å². The van der Waals surface area contributed by atoms with E-state index in [1.807, 2.05) is 18.7 Å². The number of hydrogen-bond acceptors (Lipinski definition) is 6. The van der Waals surface area contributed by atoms with Crippen molar-refractivity contribution < 1.29 is 18.0 Å². The van der Waals surface area contributed by atoms with Gasteiger partial charge in [-0.1, -0.05) is 11.8 Å². The first-order valence-electron chi connectivity index (χ1n) is 7.80. The summed E-state index contributed by atoms with van der Waals surface area (Å²) in [5.74, 6) is 5.02. The molecule has 2 rings (SSSR count). The molecule has 11 heteroatoms. The Kier molecular flexibility index (Phi) is 6.35. The van der Waals surface area contributed by atoms with Gasteiger partial charge in [-0.25, -0.2) is 4.68 Å². The number of nitrogens with zero attached hydrogens (tertiary/aromatic N) is 4. The van der Waals surface area contributed by atoms with Gasteiger partial charge < -0.3 is 16.1 Å². The number of thioether (sulfide) groups is 1. The fourth-order valence-corrected chi connectivity index (χ4v) is 2.94. The number of amides is 1. The van der Waals surface area contributed by atoms with Crippen LogP contribution in [0.15, 0.2) is 29.7 Å². The average Bonchev–Trinajstić information content (AvgIpc) is 2.99. The molecule has 1 heterocycles. The number of nitrogens with two attached hydrogens (primary N) is 1. The van der Waals surface area contributed by atoms with Crippen molar-refractivity contribution in [1.29, 1.82) is 0 Å². The van der Waals surface area contributed by atoms with Crippen molar-refractivity contribution in [1.82, 2.24) is 14.9 Å². The molecule has 0 aliphatic rings. The molecule has 7 nitrogen and oxygen atoms in total. The lowest BCUT2D eigenvalue weighted by Gasteiger charge is -2.25. The molecule has 0 unspecified atom stereocenters. The second-order valence-corrected chi connectivity index (χ2v) is 6.20. The van der Waals surface area contributed by atoms with Gasteiger partial charge in [0, 0.05) is 13.1 Å². The summed E-state index contributed by atoms with van der Waals surface area (Å²) < 4.78 is 40.2. The summed E-state index contributed by atoms with van der Waals surface area (Å²) in [4.78, 5) is 14.1. The molecule has 26 heavy (non-hydrogen) atoms. The first-order chi connectivity index (χ1) is 12.3. The highest BCUT2D eigenvalue weighted by Gasteiger charge is 2.31. The number of alkyl halides is 3. The van der Waals surface area contributed by atoms with Crippen molar-refractivity contribution in [3.63, 3.8) is 0 Å². The normalized spacial score (nSPS) is 11.4. The van der Waals surface area contributed by atoms with E-state index < -0.39 is 17.6 Å². The number of aromatic nitrogens is 3. The average molecular weight is 388 g/mol. The summed E-state index contributed by atoms with van der Waals surface area (Å²) in [7, 11) is 0. The molecule has 1 aromatic heterocycles. The van der Waals surface area contributed by atoms with E-state index in [0.29, 0.717) is 23.9 Å². The minimum Gasteiger partial charge on any atom is -0.370 e. The molecule has 142 valence electrons. The zero-order valence-electron chi connectivity index (χ0n) is 14.2. The zero-order valence-corrected chi connectivity index (χ0v) is 15.1. The van der Waals surface area contributed by atoms with Gasteiger partial charge in [-0.3, -0.25) is 4.79 Å². The third-order valence-electron chi connectivity index (χ3n) is 3.57. The molecule has 0 bridgehead atoms. The monoisotopic (exact) mass is 388 g/mol. The first-order valence-corrected chi connectivity index (χ1v) is 8.78. The highest BCUT2D eigenvalue weighted by molar-refractivity contribution is 7.99. The smallest absolute Gasteiger partial charge is 0.370 e. The number of anilines is 2. The number of hydrogen-bond donors (Lipinski definition) is 2. The molecule has 0 fully saturated rings. The molecule has 0 atom stereocenters. The minimum atomic E-state index is -4.49. The van der Waals surface area contributed by atoms with Gasteiger partial charge in [0.2, 0.25) is 11.1 Å². The van der Waals surface area contributed by atoms with Gasteiger partial charge in [-0.05, 0) is 32.0 Å². The van der Waals surface area contributed by atoms with E-state index >= 15 is 0 Å². The van der Waals surface area contributed by atoms with E-state index in [4.69, 9.17) is 5.84 Å². The SMILES string of the molecule is CCN(CC)c1ccc(C(F)(F)F)cc1NC(=O)CSc1nncn1N. The standard InChI is InChI=1S/C15H19F3N6OS/c1-3-23(4-2)12-6-5-10(15(16,17)18)7-11(12)21-13(25)8-26-14-22-20-9-24(14)19/h5-7,9H,3-4,8,19H2,1-2H3,(H,21,25). The van der Waals surface area contributed by atoms with Crippen molar-refractivity contribution >= 4 is 29.0 Å². The Morgan fingerprint density at radius 3 is 2.58 bits per heavy atom. The highest BCUT2D eigenvalue weighted by Crippen LogP contribution is 2.35. The Morgan fingerprint density at radius 2 is 2.04 bits per heavy atom. The van der Waals surface area contributed by atoms with Crippen molar-refractivity contribution in [2.75, 3.05) is 34.9 Å². The maximum Gasteiger partial charge on any atom is 0.416 e. The minimum absolute atomic E-state index is 0.0656. The number of benzene rings is 1. The van der Waals surface area contributed by atoms with Gasteiger partial charge >= 0.3 is 6.18 Å². The largest absolute Gasteiger partial charge is 0.416 e. The zero-order chi connectivity index (χ0) is 19.3. The van der Waals surface area contributed by atoms with Crippen LogP contribution >= 0.6 is 11.8 Å². The second kappa shape index (κ2) is 8.30. The van der Waals surface area contributed by atoms with Crippen LogP contribution in [0.3, 0.4) is 0 Å². The van der Waals surface area contributed by atoms with Crippen LogP contribution in [0.4, 0.5) is 24.5 Å². The maximum atomic E-state index is 13.0. The van der Waals surface area contributed by atoms with Crippen LogP contribution < -0.4 is 16.1 Å². The molecule has 0 spiro atoms. The fraction of sp³-hybridized carbons (Fsp3) is 0.400. The summed E-state index contributed by atoms with van der Waals surface area (Å²) in [5, 5.41) is 10.2. The highest BCUT2D eigenvalue weighted by atomic mass is 32.2. The van der Waals surface area contributed by atoms with Gasteiger partial charge in [0.15, 0.2) is 0 Å². The predicted octanol–water partition coefficient (Wildman–Crippen LogP) is 2.59. The molecule has 0 saturated heterocycles. The number of nitrogen functional groups attached to an aromatic ring is 1. The number of carbonyl (C=O) groups is 1. The van der Waals surface area contributed by atoms with E-state index in [1.165, 1.54) is 12.4 Å². The lowest BCUT2D eigenvalue weighted by atomic mass is 10.1. The van der Waals surface area contributed by atoms with Crippen LogP contribution in [0.5, 0.6) is 0 Å². The van der Waals surface area contributed by atoms with E-state index in [0.717, 1.165) is 28.6 Å². The third kappa shape index (κ3) is 4.81. The maximum absolute atomic E-state index is 13.0. The first kappa shape index (κ1) is 19.9. The van der Waals surface area contributed by atoms with Gasteiger partial charge in [-0.15, -0.1) is 10.2 Å². The summed E-state index contributed by atoms with van der Waals surface area (Å²) >= 11 is 1.03. The van der Waals surface area contributed by atoms with Crippen LogP contribution in [0, 0.1) is 0 Å². The molecule has 0 saturated carbocycles. The summed E-state index contributed by atoms with van der Waals surface area (Å²) in [6.45, 7) is 4.96. The molecule has 2 aromatic rings. The topological polar surface area (TPSA) is 89.1 Å². The van der Waals surface area contributed by atoms with Crippen molar-refractivity contribution in [2.45, 2.75) is 25.2 Å². The van der Waals surface area contributed by atoms with E-state index in [-0.39, 0.29) is 11.4 Å². The van der Waals surface area contributed by atoms with Crippen molar-refractivity contribution in [2.24, 2.45) is 0 Å². The van der Waals surface area contributed by atoms with Crippen LogP contribution in [-0.4, -0.2) is 39.6 Å². The Labute approximate surface area is 152 Å². The molecule has 0 aliphatic carbocycles. The third-order valence-corrected chi connectivity index (χ3v) is 4.53. The summed E-state index contributed by atoms with van der Waals surface area (Å²) in [5.41, 5.74) is -0.176. The molecule has 1 aromatic carbocycles. The van der Waals surface area contributed by atoms with E-state index in [9.17, 15) is 18.0 Å². The summed E-state index contributed by atoms with van der Waals surface area (Å²) in [6, 6.07) is 3.33. The number of nitrogens with one attached hydrogen (secondary N) is 1. The number of carbonyl (C=O) groups excluding carboxylic acids is 1. The molecule has 3 N–H and O–H groups in total. The van der Waals surface area contributed by atoms with Crippen LogP contribution in [0.25, 0.3) is 0 Å². The van der Waals surface area contributed by atoms with E-state index in [2.05, 4.69) is 15.5 Å². The van der Waals surface area contributed by atoms with Gasteiger partial charge in [0.05, 0.1) is 22.7 Å². The van der Waals surface area contributed by atoms with Gasteiger partial charge in [0.1, 0.15) is 6.33 Å². The fourth-order valence-electron chi connectivity index (χ4n) is 2.30. The van der Waals surface area contributed by atoms with Crippen LogP contribution in [0.1, 0.15) is 19.4 Å². The van der Waals surface area contributed by atoms with Crippen molar-refractivity contribution in [3.05, 3.63) is 30.1 Å². The van der Waals surface area contributed by atoms with Gasteiger partial charge in [-0.2, -0.15) is 13.2 Å². The molecule has 0 radical (unpaired) electrons. The molecular weight excluding hydrogens is 369 g/mol. The van der Waals surface area contributed by atoms with Gasteiger partial charge in [0.25, 0.3) is 0 Å². The Morgan fingerprint density at radius 1 is 1.35 bits per heavy atom. The van der Waals surface area contributed by atoms with Crippen molar-refractivity contribution in [3.8, 4) is 0 Å². The summed E-state index contributed by atoms with van der Waals surface area (Å²) in [6.07, 6.45) is -3.21.